The highest BCUT2D eigenvalue weighted by atomic mass is 19.3. The van der Waals surface area contributed by atoms with Gasteiger partial charge in [0.05, 0.1) is 12.6 Å². The largest absolute Gasteiger partial charge is 0.312 e. The number of hydrogen-bond acceptors (Lipinski definition) is 2. The molecule has 14 heavy (non-hydrogen) atoms. The molecule has 2 nitrogen and oxygen atoms in total. The van der Waals surface area contributed by atoms with Gasteiger partial charge in [0.1, 0.15) is 0 Å². The van der Waals surface area contributed by atoms with Crippen molar-refractivity contribution in [3.8, 4) is 0 Å². The van der Waals surface area contributed by atoms with E-state index in [0.29, 0.717) is 6.42 Å². The molecule has 1 rings (SSSR count). The summed E-state index contributed by atoms with van der Waals surface area (Å²) in [7, 11) is 1.61. The van der Waals surface area contributed by atoms with Crippen molar-refractivity contribution in [3.63, 3.8) is 0 Å². The quantitative estimate of drug-likeness (QED) is 0.762. The summed E-state index contributed by atoms with van der Waals surface area (Å²) in [5, 5.41) is 2.69. The van der Waals surface area contributed by atoms with E-state index >= 15 is 0 Å². The van der Waals surface area contributed by atoms with E-state index in [1.54, 1.807) is 7.05 Å². The van der Waals surface area contributed by atoms with Gasteiger partial charge >= 0.3 is 0 Å². The number of halogens is 2. The maximum absolute atomic E-state index is 13.5. The van der Waals surface area contributed by atoms with Crippen molar-refractivity contribution in [2.45, 2.75) is 44.7 Å². The van der Waals surface area contributed by atoms with E-state index in [4.69, 9.17) is 0 Å². The summed E-state index contributed by atoms with van der Waals surface area (Å²) in [6.45, 7) is 4.71. The maximum atomic E-state index is 13.5. The molecule has 0 spiro atoms. The molecule has 1 saturated heterocycles. The van der Waals surface area contributed by atoms with Crippen LogP contribution in [0.1, 0.15) is 28.1 Å². The molecule has 0 amide bonds. The highest BCUT2D eigenvalue weighted by molar-refractivity contribution is 4.91. The minimum absolute atomic E-state index is 0. The number of rotatable bonds is 3. The highest BCUT2D eigenvalue weighted by Gasteiger charge is 2.44. The first kappa shape index (κ1) is 11.9. The third-order valence-corrected chi connectivity index (χ3v) is 3.19. The second-order valence-corrected chi connectivity index (χ2v) is 4.12. The van der Waals surface area contributed by atoms with Gasteiger partial charge in [-0.2, -0.15) is 0 Å². The molecule has 0 aromatic carbocycles. The predicted octanol–water partition coefficient (Wildman–Crippen LogP) is 1.96. The summed E-state index contributed by atoms with van der Waals surface area (Å²) in [5.41, 5.74) is 0. The fourth-order valence-electron chi connectivity index (χ4n) is 1.96. The molecule has 0 bridgehead atoms. The molecule has 86 valence electrons. The second kappa shape index (κ2) is 4.53. The van der Waals surface area contributed by atoms with Gasteiger partial charge in [0, 0.05) is 14.0 Å². The molecule has 2 atom stereocenters. The van der Waals surface area contributed by atoms with Crippen LogP contribution in [0.25, 0.3) is 0 Å². The Morgan fingerprint density at radius 2 is 2.29 bits per heavy atom. The molecule has 1 heterocycles. The number of alkyl halides is 2. The van der Waals surface area contributed by atoms with Gasteiger partial charge in [-0.05, 0) is 26.8 Å². The van der Waals surface area contributed by atoms with Gasteiger partial charge in [0.2, 0.25) is 0 Å². The minimum atomic E-state index is -2.59. The van der Waals surface area contributed by atoms with Crippen LogP contribution in [0.15, 0.2) is 0 Å². The van der Waals surface area contributed by atoms with Crippen LogP contribution in [-0.4, -0.2) is 43.0 Å². The molecule has 0 aliphatic carbocycles. The van der Waals surface area contributed by atoms with E-state index in [2.05, 4.69) is 5.32 Å². The first-order chi connectivity index (χ1) is 6.51. The van der Waals surface area contributed by atoms with E-state index in [0.717, 1.165) is 13.0 Å². The second-order valence-electron chi connectivity index (χ2n) is 4.12. The molecule has 0 radical (unpaired) electrons. The topological polar surface area (TPSA) is 15.3 Å². The molecule has 1 aliphatic rings. The number of likely N-dealkylation sites (tertiary alicyclic amines) is 1. The standard InChI is InChI=1S/C10H20F2N2.H2/c1-4-8(2)14-6-5-9(13-3)10(11,12)7-14;/h8-9,13H,4-7H2,1-3H3;1H. The van der Waals surface area contributed by atoms with Crippen LogP contribution in [0.3, 0.4) is 0 Å². The van der Waals surface area contributed by atoms with Gasteiger partial charge in [-0.15, -0.1) is 0 Å². The van der Waals surface area contributed by atoms with Crippen LogP contribution in [0.2, 0.25) is 0 Å². The summed E-state index contributed by atoms with van der Waals surface area (Å²) in [4.78, 5) is 1.88. The summed E-state index contributed by atoms with van der Waals surface area (Å²) in [6.07, 6.45) is 1.47. The van der Waals surface area contributed by atoms with Gasteiger partial charge in [-0.1, -0.05) is 6.92 Å². The van der Waals surface area contributed by atoms with Crippen LogP contribution < -0.4 is 5.32 Å². The highest BCUT2D eigenvalue weighted by Crippen LogP contribution is 2.28. The Morgan fingerprint density at radius 1 is 1.64 bits per heavy atom. The number of piperidine rings is 1. The molecular formula is C10H22F2N2. The summed E-state index contributed by atoms with van der Waals surface area (Å²) in [5.74, 6) is -2.59. The molecule has 0 aromatic rings. The molecular weight excluding hydrogens is 186 g/mol. The lowest BCUT2D eigenvalue weighted by molar-refractivity contribution is -0.0965. The number of nitrogens with one attached hydrogen (secondary N) is 1. The first-order valence-electron chi connectivity index (χ1n) is 5.30. The van der Waals surface area contributed by atoms with Crippen molar-refractivity contribution in [1.29, 1.82) is 0 Å². The van der Waals surface area contributed by atoms with Gasteiger partial charge < -0.3 is 5.32 Å². The van der Waals surface area contributed by atoms with Crippen LogP contribution >= 0.6 is 0 Å². The summed E-state index contributed by atoms with van der Waals surface area (Å²) < 4.78 is 27.0. The molecule has 4 heteroatoms. The Bertz CT molecular complexity index is 190. The Balaban J connectivity index is 0.00000196. The predicted molar refractivity (Wildman–Crippen MR) is 55.9 cm³/mol. The van der Waals surface area contributed by atoms with Crippen LogP contribution in [0, 0.1) is 0 Å². The molecule has 1 N–H and O–H groups in total. The number of nitrogens with zero attached hydrogens (tertiary/aromatic N) is 1. The van der Waals surface area contributed by atoms with E-state index in [9.17, 15) is 8.78 Å². The van der Waals surface area contributed by atoms with Gasteiger partial charge in [-0.25, -0.2) is 8.78 Å². The summed E-state index contributed by atoms with van der Waals surface area (Å²) >= 11 is 0. The fourth-order valence-corrected chi connectivity index (χ4v) is 1.96. The lowest BCUT2D eigenvalue weighted by atomic mass is 9.99. The Labute approximate surface area is 86.1 Å². The summed E-state index contributed by atoms with van der Waals surface area (Å²) in [6, 6.07) is -0.388. The molecule has 1 fully saturated rings. The SMILES string of the molecule is CCC(C)N1CCC(NC)C(F)(F)C1.[HH]. The van der Waals surface area contributed by atoms with Gasteiger partial charge in [0.25, 0.3) is 5.92 Å². The number of hydrogen-bond donors (Lipinski definition) is 1. The minimum Gasteiger partial charge on any atom is -0.312 e. The first-order valence-corrected chi connectivity index (χ1v) is 5.30. The lowest BCUT2D eigenvalue weighted by Crippen LogP contribution is -2.57. The van der Waals surface area contributed by atoms with Crippen molar-refractivity contribution < 1.29 is 10.2 Å². The Hall–Kier alpha value is -0.220. The average Bonchev–Trinajstić information content (AvgIpc) is 2.15. The third-order valence-electron chi connectivity index (χ3n) is 3.19. The molecule has 0 aromatic heterocycles. The molecule has 0 saturated carbocycles. The van der Waals surface area contributed by atoms with E-state index in [1.165, 1.54) is 0 Å². The molecule has 1 aliphatic heterocycles. The zero-order chi connectivity index (χ0) is 10.8. The van der Waals surface area contributed by atoms with E-state index in [-0.39, 0.29) is 14.0 Å². The Kier molecular flexibility index (Phi) is 3.84. The third kappa shape index (κ3) is 2.42. The van der Waals surface area contributed by atoms with Gasteiger partial charge in [-0.3, -0.25) is 4.90 Å². The van der Waals surface area contributed by atoms with Crippen LogP contribution in [0.5, 0.6) is 0 Å². The van der Waals surface area contributed by atoms with Crippen molar-refractivity contribution in [3.05, 3.63) is 0 Å². The lowest BCUT2D eigenvalue weighted by Gasteiger charge is -2.40. The monoisotopic (exact) mass is 208 g/mol. The van der Waals surface area contributed by atoms with Crippen molar-refractivity contribution >= 4 is 0 Å². The molecule has 2 unspecified atom stereocenters. The zero-order valence-corrected chi connectivity index (χ0v) is 9.19. The Morgan fingerprint density at radius 3 is 2.71 bits per heavy atom. The van der Waals surface area contributed by atoms with E-state index < -0.39 is 12.0 Å². The smallest absolute Gasteiger partial charge is 0.275 e. The maximum Gasteiger partial charge on any atom is 0.275 e. The van der Waals surface area contributed by atoms with Crippen LogP contribution in [-0.2, 0) is 0 Å². The van der Waals surface area contributed by atoms with E-state index in [1.807, 2.05) is 18.7 Å². The average molecular weight is 208 g/mol. The fraction of sp³-hybridized carbons (Fsp3) is 1.00. The zero-order valence-electron chi connectivity index (χ0n) is 9.19. The van der Waals surface area contributed by atoms with Crippen molar-refractivity contribution in [2.75, 3.05) is 20.1 Å². The van der Waals surface area contributed by atoms with Gasteiger partial charge in [0.15, 0.2) is 0 Å². The van der Waals surface area contributed by atoms with Crippen molar-refractivity contribution in [1.82, 2.24) is 10.2 Å². The normalized spacial score (nSPS) is 30.2. The van der Waals surface area contributed by atoms with Crippen LogP contribution in [0.4, 0.5) is 8.78 Å². The van der Waals surface area contributed by atoms with Crippen molar-refractivity contribution in [2.24, 2.45) is 0 Å².